The second-order valence-corrected chi connectivity index (χ2v) is 5.83. The lowest BCUT2D eigenvalue weighted by Crippen LogP contribution is -2.42. The first kappa shape index (κ1) is 15.4. The van der Waals surface area contributed by atoms with Gasteiger partial charge >= 0.3 is 0 Å². The van der Waals surface area contributed by atoms with Crippen LogP contribution in [0.1, 0.15) is 6.92 Å². The fourth-order valence-corrected chi connectivity index (χ4v) is 3.69. The molecule has 1 aliphatic rings. The minimum atomic E-state index is 0. The van der Waals surface area contributed by atoms with Crippen LogP contribution < -0.4 is 10.6 Å². The van der Waals surface area contributed by atoms with E-state index in [1.165, 1.54) is 5.75 Å². The van der Waals surface area contributed by atoms with Crippen molar-refractivity contribution in [1.29, 1.82) is 0 Å². The molecular weight excluding hydrogens is 252 g/mol. The number of carbonyl (C=O) groups excluding carboxylic acids is 1. The van der Waals surface area contributed by atoms with Crippen LogP contribution in [0, 0.1) is 0 Å². The molecular formula is C9H19ClN2OS2. The fourth-order valence-electron chi connectivity index (χ4n) is 1.11. The van der Waals surface area contributed by atoms with Crippen LogP contribution in [-0.4, -0.2) is 48.0 Å². The molecule has 6 heteroatoms. The van der Waals surface area contributed by atoms with Crippen LogP contribution >= 0.6 is 35.9 Å². The van der Waals surface area contributed by atoms with Crippen molar-refractivity contribution in [3.63, 3.8) is 0 Å². The Balaban J connectivity index is 0.00000196. The van der Waals surface area contributed by atoms with E-state index in [4.69, 9.17) is 0 Å². The Kier molecular flexibility index (Phi) is 8.80. The summed E-state index contributed by atoms with van der Waals surface area (Å²) in [5.74, 6) is 3.44. The summed E-state index contributed by atoms with van der Waals surface area (Å²) >= 11 is 3.65. The SMILES string of the molecule is CNC(C)CNC(=O)C1CSCCS1.Cl. The van der Waals surface area contributed by atoms with Crippen LogP contribution in [0.3, 0.4) is 0 Å². The van der Waals surface area contributed by atoms with Crippen LogP contribution in [0.2, 0.25) is 0 Å². The molecule has 2 N–H and O–H groups in total. The molecule has 2 unspecified atom stereocenters. The number of hydrogen-bond acceptors (Lipinski definition) is 4. The van der Waals surface area contributed by atoms with Gasteiger partial charge in [-0.25, -0.2) is 0 Å². The normalized spacial score (nSPS) is 22.7. The van der Waals surface area contributed by atoms with Gasteiger partial charge in [-0.1, -0.05) is 0 Å². The van der Waals surface area contributed by atoms with E-state index in [2.05, 4.69) is 17.6 Å². The van der Waals surface area contributed by atoms with E-state index in [9.17, 15) is 4.79 Å². The summed E-state index contributed by atoms with van der Waals surface area (Å²) in [7, 11) is 1.90. The van der Waals surface area contributed by atoms with Crippen LogP contribution in [-0.2, 0) is 4.79 Å². The first-order valence-corrected chi connectivity index (χ1v) is 7.08. The molecule has 90 valence electrons. The van der Waals surface area contributed by atoms with Crippen molar-refractivity contribution >= 4 is 41.8 Å². The molecule has 0 aromatic carbocycles. The number of rotatable bonds is 4. The van der Waals surface area contributed by atoms with Gasteiger partial charge in [0.05, 0.1) is 5.25 Å². The van der Waals surface area contributed by atoms with Crippen molar-refractivity contribution in [2.24, 2.45) is 0 Å². The van der Waals surface area contributed by atoms with Crippen molar-refractivity contribution in [1.82, 2.24) is 10.6 Å². The number of likely N-dealkylation sites (N-methyl/N-ethyl adjacent to an activating group) is 1. The second kappa shape index (κ2) is 8.56. The Morgan fingerprint density at radius 3 is 2.80 bits per heavy atom. The summed E-state index contributed by atoms with van der Waals surface area (Å²) in [6, 6.07) is 0.347. The van der Waals surface area contributed by atoms with E-state index in [0.717, 1.165) is 18.1 Å². The van der Waals surface area contributed by atoms with E-state index >= 15 is 0 Å². The van der Waals surface area contributed by atoms with Crippen molar-refractivity contribution in [2.45, 2.75) is 18.2 Å². The number of thioether (sulfide) groups is 2. The molecule has 1 heterocycles. The number of hydrogen-bond donors (Lipinski definition) is 2. The molecule has 2 atom stereocenters. The van der Waals surface area contributed by atoms with Gasteiger partial charge in [0, 0.05) is 29.8 Å². The van der Waals surface area contributed by atoms with Crippen LogP contribution in [0.25, 0.3) is 0 Å². The predicted molar refractivity (Wildman–Crippen MR) is 72.4 cm³/mol. The molecule has 1 amide bonds. The Labute approximate surface area is 106 Å². The maximum atomic E-state index is 11.6. The summed E-state index contributed by atoms with van der Waals surface area (Å²) < 4.78 is 0. The quantitative estimate of drug-likeness (QED) is 0.799. The molecule has 1 saturated heterocycles. The maximum absolute atomic E-state index is 11.6. The monoisotopic (exact) mass is 270 g/mol. The number of amides is 1. The first-order valence-electron chi connectivity index (χ1n) is 4.88. The molecule has 3 nitrogen and oxygen atoms in total. The smallest absolute Gasteiger partial charge is 0.234 e. The summed E-state index contributed by atoms with van der Waals surface area (Å²) in [5.41, 5.74) is 0. The van der Waals surface area contributed by atoms with E-state index in [1.807, 2.05) is 18.8 Å². The summed E-state index contributed by atoms with van der Waals surface area (Å²) in [6.45, 7) is 2.78. The highest BCUT2D eigenvalue weighted by Gasteiger charge is 2.21. The van der Waals surface area contributed by atoms with E-state index in [1.54, 1.807) is 11.8 Å². The summed E-state index contributed by atoms with van der Waals surface area (Å²) in [5, 5.41) is 6.23. The molecule has 0 radical (unpaired) electrons. The van der Waals surface area contributed by atoms with Gasteiger partial charge in [0.1, 0.15) is 0 Å². The molecule has 0 spiro atoms. The lowest BCUT2D eigenvalue weighted by Gasteiger charge is -2.21. The fraction of sp³-hybridized carbons (Fsp3) is 0.889. The Morgan fingerprint density at radius 1 is 1.53 bits per heavy atom. The highest BCUT2D eigenvalue weighted by molar-refractivity contribution is 8.07. The lowest BCUT2D eigenvalue weighted by atomic mass is 10.3. The van der Waals surface area contributed by atoms with Crippen LogP contribution in [0.5, 0.6) is 0 Å². The molecule has 1 fully saturated rings. The molecule has 0 saturated carbocycles. The van der Waals surface area contributed by atoms with Gasteiger partial charge in [0.2, 0.25) is 5.91 Å². The van der Waals surface area contributed by atoms with Gasteiger partial charge in [-0.2, -0.15) is 11.8 Å². The zero-order valence-electron chi connectivity index (χ0n) is 9.12. The average molecular weight is 271 g/mol. The molecule has 0 aliphatic carbocycles. The Hall–Kier alpha value is 0.420. The molecule has 1 aliphatic heterocycles. The number of carbonyl (C=O) groups is 1. The molecule has 0 aromatic rings. The van der Waals surface area contributed by atoms with Gasteiger partial charge in [0.25, 0.3) is 0 Å². The number of nitrogens with one attached hydrogen (secondary N) is 2. The average Bonchev–Trinajstić information content (AvgIpc) is 2.26. The predicted octanol–water partition coefficient (Wildman–Crippen LogP) is 0.981. The Morgan fingerprint density at radius 2 is 2.27 bits per heavy atom. The standard InChI is InChI=1S/C9H18N2OS2.ClH/c1-7(10-2)5-11-9(12)8-6-13-3-4-14-8;/h7-8,10H,3-6H2,1-2H3,(H,11,12);1H. The van der Waals surface area contributed by atoms with Crippen molar-refractivity contribution in [3.8, 4) is 0 Å². The molecule has 0 bridgehead atoms. The van der Waals surface area contributed by atoms with Crippen molar-refractivity contribution in [3.05, 3.63) is 0 Å². The lowest BCUT2D eigenvalue weighted by molar-refractivity contribution is -0.120. The third-order valence-electron chi connectivity index (χ3n) is 2.18. The third kappa shape index (κ3) is 5.90. The van der Waals surface area contributed by atoms with Crippen molar-refractivity contribution in [2.75, 3.05) is 30.9 Å². The van der Waals surface area contributed by atoms with Gasteiger partial charge in [-0.3, -0.25) is 4.79 Å². The van der Waals surface area contributed by atoms with E-state index < -0.39 is 0 Å². The van der Waals surface area contributed by atoms with E-state index in [-0.39, 0.29) is 23.6 Å². The van der Waals surface area contributed by atoms with Gasteiger partial charge in [-0.15, -0.1) is 24.2 Å². The maximum Gasteiger partial charge on any atom is 0.234 e. The van der Waals surface area contributed by atoms with Crippen molar-refractivity contribution < 1.29 is 4.79 Å². The largest absolute Gasteiger partial charge is 0.354 e. The minimum Gasteiger partial charge on any atom is -0.354 e. The van der Waals surface area contributed by atoms with E-state index in [0.29, 0.717) is 6.04 Å². The molecule has 1 rings (SSSR count). The second-order valence-electron chi connectivity index (χ2n) is 3.37. The zero-order chi connectivity index (χ0) is 10.4. The van der Waals surface area contributed by atoms with Gasteiger partial charge in [0.15, 0.2) is 0 Å². The van der Waals surface area contributed by atoms with Crippen LogP contribution in [0.4, 0.5) is 0 Å². The summed E-state index contributed by atoms with van der Waals surface area (Å²) in [4.78, 5) is 11.6. The minimum absolute atomic E-state index is 0. The number of halogens is 1. The highest BCUT2D eigenvalue weighted by Crippen LogP contribution is 2.23. The highest BCUT2D eigenvalue weighted by atomic mass is 35.5. The zero-order valence-corrected chi connectivity index (χ0v) is 11.6. The van der Waals surface area contributed by atoms with Crippen LogP contribution in [0.15, 0.2) is 0 Å². The third-order valence-corrected chi connectivity index (χ3v) is 4.94. The van der Waals surface area contributed by atoms with Gasteiger partial charge in [-0.05, 0) is 14.0 Å². The first-order chi connectivity index (χ1) is 6.74. The molecule has 0 aromatic heterocycles. The summed E-state index contributed by atoms with van der Waals surface area (Å²) in [6.07, 6.45) is 0. The Bertz CT molecular complexity index is 189. The topological polar surface area (TPSA) is 41.1 Å². The van der Waals surface area contributed by atoms with Gasteiger partial charge < -0.3 is 10.6 Å². The molecule has 15 heavy (non-hydrogen) atoms.